The van der Waals surface area contributed by atoms with E-state index in [1.807, 2.05) is 12.1 Å². The molecule has 0 aliphatic carbocycles. The molecule has 2 nitrogen and oxygen atoms in total. The van der Waals surface area contributed by atoms with E-state index in [-0.39, 0.29) is 0 Å². The third-order valence-electron chi connectivity index (χ3n) is 2.01. The van der Waals surface area contributed by atoms with Gasteiger partial charge >= 0.3 is 0 Å². The van der Waals surface area contributed by atoms with Crippen molar-refractivity contribution < 1.29 is 0 Å². The average molecular weight is 217 g/mol. The van der Waals surface area contributed by atoms with Gasteiger partial charge in [-0.1, -0.05) is 23.2 Å². The molecule has 1 fully saturated rings. The van der Waals surface area contributed by atoms with Crippen LogP contribution in [-0.2, 0) is 0 Å². The molecule has 1 aliphatic heterocycles. The summed E-state index contributed by atoms with van der Waals surface area (Å²) in [5.74, 6) is 0. The SMILES string of the molecule is Clc1cc(Cl)cc(NC2CNC2)c1. The number of hydrogen-bond donors (Lipinski definition) is 2. The fourth-order valence-electron chi connectivity index (χ4n) is 1.26. The minimum absolute atomic E-state index is 0.509. The molecule has 2 rings (SSSR count). The molecule has 0 spiro atoms. The van der Waals surface area contributed by atoms with E-state index >= 15 is 0 Å². The van der Waals surface area contributed by atoms with Crippen LogP contribution in [0.1, 0.15) is 0 Å². The van der Waals surface area contributed by atoms with Crippen molar-refractivity contribution in [1.29, 1.82) is 0 Å². The molecule has 0 unspecified atom stereocenters. The Morgan fingerprint density at radius 3 is 2.23 bits per heavy atom. The molecule has 1 aliphatic rings. The normalized spacial score (nSPS) is 16.8. The zero-order chi connectivity index (χ0) is 9.26. The first-order valence-corrected chi connectivity index (χ1v) is 4.93. The molecule has 4 heteroatoms. The van der Waals surface area contributed by atoms with Gasteiger partial charge in [0.15, 0.2) is 0 Å². The number of anilines is 1. The molecule has 1 saturated heterocycles. The van der Waals surface area contributed by atoms with Gasteiger partial charge in [0.2, 0.25) is 0 Å². The predicted octanol–water partition coefficient (Wildman–Crippen LogP) is 2.38. The van der Waals surface area contributed by atoms with Crippen LogP contribution in [0, 0.1) is 0 Å². The monoisotopic (exact) mass is 216 g/mol. The van der Waals surface area contributed by atoms with Crippen LogP contribution >= 0.6 is 23.2 Å². The Labute approximate surface area is 87.2 Å². The van der Waals surface area contributed by atoms with Gasteiger partial charge in [0.1, 0.15) is 0 Å². The molecule has 1 aromatic carbocycles. The Morgan fingerprint density at radius 2 is 1.77 bits per heavy atom. The number of halogens is 2. The van der Waals surface area contributed by atoms with Crippen LogP contribution in [0.25, 0.3) is 0 Å². The van der Waals surface area contributed by atoms with Crippen molar-refractivity contribution in [3.8, 4) is 0 Å². The van der Waals surface area contributed by atoms with E-state index in [0.29, 0.717) is 16.1 Å². The van der Waals surface area contributed by atoms with Crippen LogP contribution in [0.3, 0.4) is 0 Å². The van der Waals surface area contributed by atoms with E-state index in [0.717, 1.165) is 18.8 Å². The van der Waals surface area contributed by atoms with Crippen molar-refractivity contribution in [3.05, 3.63) is 28.2 Å². The van der Waals surface area contributed by atoms with E-state index < -0.39 is 0 Å². The Bertz CT molecular complexity index is 290. The maximum absolute atomic E-state index is 5.85. The van der Waals surface area contributed by atoms with Gasteiger partial charge < -0.3 is 10.6 Å². The minimum Gasteiger partial charge on any atom is -0.380 e. The molecule has 1 aromatic rings. The topological polar surface area (TPSA) is 24.1 Å². The van der Waals surface area contributed by atoms with E-state index in [1.165, 1.54) is 0 Å². The third kappa shape index (κ3) is 2.27. The molecule has 0 radical (unpaired) electrons. The second-order valence-electron chi connectivity index (χ2n) is 3.16. The lowest BCUT2D eigenvalue weighted by molar-refractivity contribution is 0.472. The van der Waals surface area contributed by atoms with Crippen molar-refractivity contribution in [2.75, 3.05) is 18.4 Å². The highest BCUT2D eigenvalue weighted by Gasteiger charge is 2.15. The van der Waals surface area contributed by atoms with Gasteiger partial charge in [0, 0.05) is 28.8 Å². The Balaban J connectivity index is 2.10. The molecule has 0 aromatic heterocycles. The molecule has 0 saturated carbocycles. The highest BCUT2D eigenvalue weighted by molar-refractivity contribution is 6.35. The van der Waals surface area contributed by atoms with E-state index in [2.05, 4.69) is 10.6 Å². The number of nitrogens with one attached hydrogen (secondary N) is 2. The molecule has 70 valence electrons. The maximum Gasteiger partial charge on any atom is 0.0510 e. The van der Waals surface area contributed by atoms with Crippen molar-refractivity contribution in [3.63, 3.8) is 0 Å². The van der Waals surface area contributed by atoms with Crippen LogP contribution in [-0.4, -0.2) is 19.1 Å². The van der Waals surface area contributed by atoms with Gasteiger partial charge in [-0.15, -0.1) is 0 Å². The Hall–Kier alpha value is -0.440. The fraction of sp³-hybridized carbons (Fsp3) is 0.333. The summed E-state index contributed by atoms with van der Waals surface area (Å²) in [5, 5.41) is 7.85. The molecule has 0 amide bonds. The molecular weight excluding hydrogens is 207 g/mol. The van der Waals surface area contributed by atoms with Crippen LogP contribution in [0.15, 0.2) is 18.2 Å². The smallest absolute Gasteiger partial charge is 0.0510 e. The highest BCUT2D eigenvalue weighted by atomic mass is 35.5. The van der Waals surface area contributed by atoms with Crippen molar-refractivity contribution in [2.45, 2.75) is 6.04 Å². The lowest BCUT2D eigenvalue weighted by atomic mass is 10.1. The van der Waals surface area contributed by atoms with Gasteiger partial charge in [0.05, 0.1) is 6.04 Å². The largest absolute Gasteiger partial charge is 0.380 e. The summed E-state index contributed by atoms with van der Waals surface area (Å²) in [7, 11) is 0. The quantitative estimate of drug-likeness (QED) is 0.794. The van der Waals surface area contributed by atoms with Crippen LogP contribution in [0.2, 0.25) is 10.0 Å². The first-order valence-electron chi connectivity index (χ1n) is 4.17. The van der Waals surface area contributed by atoms with Crippen molar-refractivity contribution in [2.24, 2.45) is 0 Å². The Kier molecular flexibility index (Phi) is 2.63. The number of hydrogen-bond acceptors (Lipinski definition) is 2. The molecule has 0 atom stereocenters. The van der Waals surface area contributed by atoms with E-state index in [1.54, 1.807) is 6.07 Å². The van der Waals surface area contributed by atoms with E-state index in [9.17, 15) is 0 Å². The Morgan fingerprint density at radius 1 is 1.15 bits per heavy atom. The number of benzene rings is 1. The first-order chi connectivity index (χ1) is 6.24. The molecular formula is C9H10Cl2N2. The summed E-state index contributed by atoms with van der Waals surface area (Å²) in [4.78, 5) is 0. The van der Waals surface area contributed by atoms with Crippen molar-refractivity contribution >= 4 is 28.9 Å². The predicted molar refractivity (Wildman–Crippen MR) is 56.7 cm³/mol. The van der Waals surface area contributed by atoms with Gasteiger partial charge in [-0.25, -0.2) is 0 Å². The fourth-order valence-corrected chi connectivity index (χ4v) is 1.79. The zero-order valence-corrected chi connectivity index (χ0v) is 8.49. The first kappa shape index (κ1) is 9.13. The van der Waals surface area contributed by atoms with Crippen LogP contribution in [0.4, 0.5) is 5.69 Å². The van der Waals surface area contributed by atoms with Gasteiger partial charge in [0.25, 0.3) is 0 Å². The summed E-state index contributed by atoms with van der Waals surface area (Å²) in [6, 6.07) is 6.00. The van der Waals surface area contributed by atoms with Gasteiger partial charge in [-0.2, -0.15) is 0 Å². The molecule has 13 heavy (non-hydrogen) atoms. The summed E-state index contributed by atoms with van der Waals surface area (Å²) >= 11 is 11.7. The lowest BCUT2D eigenvalue weighted by Gasteiger charge is -2.29. The van der Waals surface area contributed by atoms with Crippen LogP contribution < -0.4 is 10.6 Å². The second kappa shape index (κ2) is 3.74. The zero-order valence-electron chi connectivity index (χ0n) is 6.98. The molecule has 1 heterocycles. The molecule has 0 bridgehead atoms. The third-order valence-corrected chi connectivity index (χ3v) is 2.45. The minimum atomic E-state index is 0.509. The standard InChI is InChI=1S/C9H10Cl2N2/c10-6-1-7(11)3-8(2-6)13-9-4-12-5-9/h1-3,9,12-13H,4-5H2. The van der Waals surface area contributed by atoms with Gasteiger partial charge in [-0.3, -0.25) is 0 Å². The maximum atomic E-state index is 5.85. The molecule has 2 N–H and O–H groups in total. The summed E-state index contributed by atoms with van der Waals surface area (Å²) in [6.07, 6.45) is 0. The highest BCUT2D eigenvalue weighted by Crippen LogP contribution is 2.23. The summed E-state index contributed by atoms with van der Waals surface area (Å²) < 4.78 is 0. The number of rotatable bonds is 2. The van der Waals surface area contributed by atoms with E-state index in [4.69, 9.17) is 23.2 Å². The lowest BCUT2D eigenvalue weighted by Crippen LogP contribution is -2.51. The average Bonchev–Trinajstić information content (AvgIpc) is 1.95. The summed E-state index contributed by atoms with van der Waals surface area (Å²) in [5.41, 5.74) is 0.990. The van der Waals surface area contributed by atoms with Crippen molar-refractivity contribution in [1.82, 2.24) is 5.32 Å². The van der Waals surface area contributed by atoms with Gasteiger partial charge in [-0.05, 0) is 18.2 Å². The summed E-state index contributed by atoms with van der Waals surface area (Å²) in [6.45, 7) is 2.01. The second-order valence-corrected chi connectivity index (χ2v) is 4.03. The van der Waals surface area contributed by atoms with Crippen LogP contribution in [0.5, 0.6) is 0 Å².